The lowest BCUT2D eigenvalue weighted by atomic mass is 10.2. The van der Waals surface area contributed by atoms with E-state index in [1.54, 1.807) is 0 Å². The third-order valence-corrected chi connectivity index (χ3v) is 2.34. The van der Waals surface area contributed by atoms with Gasteiger partial charge in [-0.25, -0.2) is 4.98 Å². The van der Waals surface area contributed by atoms with E-state index in [-0.39, 0.29) is 10.7 Å². The van der Waals surface area contributed by atoms with Gasteiger partial charge in [0.25, 0.3) is 11.6 Å². The first-order chi connectivity index (χ1) is 9.81. The quantitative estimate of drug-likeness (QED) is 0.366. The van der Waals surface area contributed by atoms with Crippen LogP contribution in [0.3, 0.4) is 0 Å². The summed E-state index contributed by atoms with van der Waals surface area (Å²) in [5.41, 5.74) is -0.922. The summed E-state index contributed by atoms with van der Waals surface area (Å²) in [5, 5.41) is 23.1. The minimum Gasteiger partial charge on any atom is -0.480 e. The molecule has 0 aromatic carbocycles. The fourth-order valence-corrected chi connectivity index (χ4v) is 1.40. The molecule has 0 radical (unpaired) electrons. The second-order valence-electron chi connectivity index (χ2n) is 3.63. The summed E-state index contributed by atoms with van der Waals surface area (Å²) in [6, 6.07) is 0.990. The van der Waals surface area contributed by atoms with Crippen LogP contribution >= 0.6 is 11.6 Å². The Morgan fingerprint density at radius 2 is 2.00 bits per heavy atom. The van der Waals surface area contributed by atoms with Crippen molar-refractivity contribution < 1.29 is 24.4 Å². The SMILES string of the molecule is O=C(O)CNC(=O)CNC(=O)c1cc(Cl)ncc1[N+](=O)[O-]. The molecule has 21 heavy (non-hydrogen) atoms. The maximum absolute atomic E-state index is 11.8. The zero-order valence-corrected chi connectivity index (χ0v) is 11.1. The van der Waals surface area contributed by atoms with Crippen molar-refractivity contribution in [1.82, 2.24) is 15.6 Å². The molecule has 10 nitrogen and oxygen atoms in total. The van der Waals surface area contributed by atoms with Crippen LogP contribution < -0.4 is 10.6 Å². The predicted molar refractivity (Wildman–Crippen MR) is 68.9 cm³/mol. The summed E-state index contributed by atoms with van der Waals surface area (Å²) in [5.74, 6) is -2.91. The lowest BCUT2D eigenvalue weighted by Gasteiger charge is -2.06. The molecule has 1 aromatic heterocycles. The zero-order valence-electron chi connectivity index (χ0n) is 10.3. The Labute approximate surface area is 122 Å². The molecule has 1 heterocycles. The molecule has 0 aliphatic heterocycles. The molecule has 0 saturated carbocycles. The van der Waals surface area contributed by atoms with E-state index in [0.717, 1.165) is 12.3 Å². The number of nitro groups is 1. The molecule has 112 valence electrons. The van der Waals surface area contributed by atoms with Crippen LogP contribution in [0.2, 0.25) is 5.15 Å². The fourth-order valence-electron chi connectivity index (χ4n) is 1.24. The van der Waals surface area contributed by atoms with E-state index in [9.17, 15) is 24.5 Å². The van der Waals surface area contributed by atoms with Gasteiger partial charge in [0.15, 0.2) is 0 Å². The summed E-state index contributed by atoms with van der Waals surface area (Å²) >= 11 is 5.55. The van der Waals surface area contributed by atoms with Crippen molar-refractivity contribution in [2.24, 2.45) is 0 Å². The van der Waals surface area contributed by atoms with Crippen LogP contribution in [-0.4, -0.2) is 45.9 Å². The van der Waals surface area contributed by atoms with Crippen LogP contribution in [0.4, 0.5) is 5.69 Å². The number of aliphatic carboxylic acids is 1. The second-order valence-corrected chi connectivity index (χ2v) is 4.02. The first-order valence-electron chi connectivity index (χ1n) is 5.38. The van der Waals surface area contributed by atoms with Crippen molar-refractivity contribution in [2.75, 3.05) is 13.1 Å². The Balaban J connectivity index is 2.72. The van der Waals surface area contributed by atoms with Crippen LogP contribution in [0.15, 0.2) is 12.3 Å². The number of hydrogen-bond acceptors (Lipinski definition) is 6. The van der Waals surface area contributed by atoms with Gasteiger partial charge >= 0.3 is 5.97 Å². The molecular weight excluding hydrogens is 308 g/mol. The molecule has 11 heteroatoms. The van der Waals surface area contributed by atoms with Crippen molar-refractivity contribution in [3.63, 3.8) is 0 Å². The topological polar surface area (TPSA) is 152 Å². The number of aromatic nitrogens is 1. The van der Waals surface area contributed by atoms with Crippen molar-refractivity contribution in [3.8, 4) is 0 Å². The first-order valence-corrected chi connectivity index (χ1v) is 5.75. The van der Waals surface area contributed by atoms with Gasteiger partial charge in [-0.3, -0.25) is 24.5 Å². The Morgan fingerprint density at radius 1 is 1.33 bits per heavy atom. The highest BCUT2D eigenvalue weighted by Crippen LogP contribution is 2.19. The van der Waals surface area contributed by atoms with Crippen LogP contribution in [0.1, 0.15) is 10.4 Å². The monoisotopic (exact) mass is 316 g/mol. The van der Waals surface area contributed by atoms with Gasteiger partial charge in [0, 0.05) is 0 Å². The number of amides is 2. The molecule has 0 atom stereocenters. The Hall–Kier alpha value is -2.75. The second kappa shape index (κ2) is 7.14. The van der Waals surface area contributed by atoms with Crippen molar-refractivity contribution >= 4 is 35.1 Å². The number of halogens is 1. The minimum absolute atomic E-state index is 0.124. The lowest BCUT2D eigenvalue weighted by Crippen LogP contribution is -2.39. The van der Waals surface area contributed by atoms with Gasteiger partial charge in [-0.1, -0.05) is 11.6 Å². The Bertz CT molecular complexity index is 605. The van der Waals surface area contributed by atoms with Crippen LogP contribution in [-0.2, 0) is 9.59 Å². The molecule has 2 amide bonds. The van der Waals surface area contributed by atoms with Gasteiger partial charge in [-0.15, -0.1) is 0 Å². The molecule has 3 N–H and O–H groups in total. The molecule has 0 aliphatic carbocycles. The molecule has 1 aromatic rings. The number of nitrogens with one attached hydrogen (secondary N) is 2. The van der Waals surface area contributed by atoms with Gasteiger partial charge in [0.05, 0.1) is 11.5 Å². The molecule has 0 fully saturated rings. The average Bonchev–Trinajstić information content (AvgIpc) is 2.41. The summed E-state index contributed by atoms with van der Waals surface area (Å²) in [4.78, 5) is 46.6. The Kier molecular flexibility index (Phi) is 5.55. The largest absolute Gasteiger partial charge is 0.480 e. The van der Waals surface area contributed by atoms with Gasteiger partial charge in [0.2, 0.25) is 5.91 Å². The molecular formula is C10H9ClN4O6. The third-order valence-electron chi connectivity index (χ3n) is 2.14. The van der Waals surface area contributed by atoms with Crippen molar-refractivity contribution in [3.05, 3.63) is 33.1 Å². The number of carboxylic acid groups (broad SMARTS) is 1. The predicted octanol–water partition coefficient (Wildman–Crippen LogP) is -0.426. The highest BCUT2D eigenvalue weighted by molar-refractivity contribution is 6.29. The van der Waals surface area contributed by atoms with Crippen LogP contribution in [0.25, 0.3) is 0 Å². The van der Waals surface area contributed by atoms with Crippen molar-refractivity contribution in [2.45, 2.75) is 0 Å². The van der Waals surface area contributed by atoms with Crippen LogP contribution in [0.5, 0.6) is 0 Å². The first kappa shape index (κ1) is 16.3. The van der Waals surface area contributed by atoms with Gasteiger partial charge < -0.3 is 15.7 Å². The number of rotatable bonds is 6. The molecule has 0 bridgehead atoms. The fraction of sp³-hybridized carbons (Fsp3) is 0.200. The summed E-state index contributed by atoms with van der Waals surface area (Å²) in [6.07, 6.45) is 0.821. The standard InChI is InChI=1S/C10H9ClN4O6/c11-7-1-5(6(2-12-7)15(20)21)10(19)14-3-8(16)13-4-9(17)18/h1-2H,3-4H2,(H,13,16)(H,14,19)(H,17,18). The zero-order chi connectivity index (χ0) is 16.0. The maximum atomic E-state index is 11.8. The number of pyridine rings is 1. The number of carbonyl (C=O) groups excluding carboxylic acids is 2. The highest BCUT2D eigenvalue weighted by Gasteiger charge is 2.21. The number of hydrogen-bond donors (Lipinski definition) is 3. The number of nitrogens with zero attached hydrogens (tertiary/aromatic N) is 2. The minimum atomic E-state index is -1.24. The lowest BCUT2D eigenvalue weighted by molar-refractivity contribution is -0.385. The van der Waals surface area contributed by atoms with Crippen LogP contribution in [0, 0.1) is 10.1 Å². The summed E-state index contributed by atoms with van der Waals surface area (Å²) in [7, 11) is 0. The Morgan fingerprint density at radius 3 is 2.57 bits per heavy atom. The van der Waals surface area contributed by atoms with Gasteiger partial charge in [-0.2, -0.15) is 0 Å². The van der Waals surface area contributed by atoms with E-state index in [4.69, 9.17) is 16.7 Å². The van der Waals surface area contributed by atoms with Gasteiger partial charge in [-0.05, 0) is 6.07 Å². The molecule has 0 spiro atoms. The smallest absolute Gasteiger partial charge is 0.322 e. The molecule has 1 rings (SSSR count). The van der Waals surface area contributed by atoms with E-state index in [1.807, 2.05) is 5.32 Å². The highest BCUT2D eigenvalue weighted by atomic mass is 35.5. The maximum Gasteiger partial charge on any atom is 0.322 e. The molecule has 0 unspecified atom stereocenters. The van der Waals surface area contributed by atoms with E-state index in [1.165, 1.54) is 0 Å². The number of carbonyl (C=O) groups is 3. The summed E-state index contributed by atoms with van der Waals surface area (Å²) < 4.78 is 0. The normalized spacial score (nSPS) is 9.76. The number of carboxylic acids is 1. The van der Waals surface area contributed by atoms with E-state index < -0.39 is 41.5 Å². The molecule has 0 aliphatic rings. The third kappa shape index (κ3) is 5.03. The van der Waals surface area contributed by atoms with E-state index in [2.05, 4.69) is 10.3 Å². The van der Waals surface area contributed by atoms with E-state index >= 15 is 0 Å². The molecule has 0 saturated heterocycles. The van der Waals surface area contributed by atoms with Gasteiger partial charge in [0.1, 0.15) is 23.5 Å². The summed E-state index contributed by atoms with van der Waals surface area (Å²) in [6.45, 7) is -1.14. The van der Waals surface area contributed by atoms with Crippen molar-refractivity contribution in [1.29, 1.82) is 0 Å². The van der Waals surface area contributed by atoms with E-state index in [0.29, 0.717) is 0 Å². The average molecular weight is 317 g/mol.